The molecule has 22 nitrogen and oxygen atoms in total. The summed E-state index contributed by atoms with van der Waals surface area (Å²) in [6.07, 6.45) is 4.73. The lowest BCUT2D eigenvalue weighted by atomic mass is 10.1. The second-order valence-corrected chi connectivity index (χ2v) is 15.0. The van der Waals surface area contributed by atoms with Crippen molar-refractivity contribution in [1.82, 2.24) is 39.7 Å². The number of aliphatic hydroxyl groups is 2. The molecule has 10 N–H and O–H groups in total. The van der Waals surface area contributed by atoms with Crippen LogP contribution >= 0.6 is 12.0 Å². The van der Waals surface area contributed by atoms with Gasteiger partial charge in [-0.2, -0.15) is 38.3 Å². The predicted molar refractivity (Wildman–Crippen MR) is 223 cm³/mol. The van der Waals surface area contributed by atoms with Gasteiger partial charge in [0.25, 0.3) is 10.1 Å². The fourth-order valence-electron chi connectivity index (χ4n) is 4.99. The lowest BCUT2D eigenvalue weighted by Crippen LogP contribution is -2.18. The molecule has 0 unspecified atom stereocenters. The van der Waals surface area contributed by atoms with Crippen molar-refractivity contribution >= 4 is 81.4 Å². The van der Waals surface area contributed by atoms with Crippen molar-refractivity contribution < 1.29 is 37.8 Å². The van der Waals surface area contributed by atoms with E-state index in [1.807, 2.05) is 33.1 Å². The topological polar surface area (TPSA) is 290 Å². The summed E-state index contributed by atoms with van der Waals surface area (Å²) in [6, 6.07) is 9.35. The molecular weight excluding hydrogens is 797 g/mol. The summed E-state index contributed by atoms with van der Waals surface area (Å²) in [7, 11) is 3.18. The van der Waals surface area contributed by atoms with Crippen molar-refractivity contribution in [2.24, 2.45) is 0 Å². The molecule has 2 heterocycles. The van der Waals surface area contributed by atoms with Crippen molar-refractivity contribution in [3.05, 3.63) is 47.5 Å². The summed E-state index contributed by atoms with van der Waals surface area (Å²) in [6.45, 7) is 3.03. The van der Waals surface area contributed by atoms with Crippen molar-refractivity contribution in [3.8, 4) is 0 Å². The number of nitrogens with one attached hydrogen (secondary N) is 6. The molecule has 0 radical (unpaired) electrons. The number of rotatable bonds is 26. The van der Waals surface area contributed by atoms with E-state index < -0.39 is 15.0 Å². The van der Waals surface area contributed by atoms with Gasteiger partial charge in [-0.05, 0) is 89.5 Å². The van der Waals surface area contributed by atoms with E-state index in [0.29, 0.717) is 47.2 Å². The molecule has 0 aliphatic carbocycles. The van der Waals surface area contributed by atoms with E-state index in [1.165, 1.54) is 18.2 Å². The zero-order valence-electron chi connectivity index (χ0n) is 32.5. The molecule has 316 valence electrons. The van der Waals surface area contributed by atoms with Crippen molar-refractivity contribution in [1.29, 1.82) is 0 Å². The van der Waals surface area contributed by atoms with Gasteiger partial charge in [-0.15, -0.1) is 4.33 Å². The monoisotopic (exact) mass is 846 g/mol. The minimum absolute atomic E-state index is 0.0823. The third kappa shape index (κ3) is 15.7. The number of anilines is 8. The average Bonchev–Trinajstić information content (AvgIpc) is 3.18. The average molecular weight is 847 g/mol. The molecule has 2 aromatic heterocycles. The summed E-state index contributed by atoms with van der Waals surface area (Å²) in [4.78, 5) is 30.4. The van der Waals surface area contributed by atoms with Gasteiger partial charge in [0.2, 0.25) is 35.7 Å². The summed E-state index contributed by atoms with van der Waals surface area (Å²) in [5, 5.41) is 49.5. The first-order valence-corrected chi connectivity index (χ1v) is 20.2. The van der Waals surface area contributed by atoms with Crippen LogP contribution in [0.1, 0.15) is 24.0 Å². The summed E-state index contributed by atoms with van der Waals surface area (Å²) in [5.41, 5.74) is 1.42. The zero-order chi connectivity index (χ0) is 41.9. The van der Waals surface area contributed by atoms with Crippen LogP contribution in [0, 0.1) is 0 Å². The van der Waals surface area contributed by atoms with Crippen molar-refractivity contribution in [3.63, 3.8) is 0 Å². The van der Waals surface area contributed by atoms with Gasteiger partial charge in [-0.1, -0.05) is 29.3 Å². The Labute approximate surface area is 340 Å². The van der Waals surface area contributed by atoms with Gasteiger partial charge >= 0.3 is 0 Å². The van der Waals surface area contributed by atoms with Crippen LogP contribution in [0.2, 0.25) is 0 Å². The predicted octanol–water partition coefficient (Wildman–Crippen LogP) is 2.92. The SMILES string of the molecule is CN(C)CCCNc1nc(NCCO)nc(Nc2ccc(/C=C/c3ccc(Nc4nc(NCCO)nc(NCCCN(C)C)n4)cc3S(=O)(=O)O)c(SOOO)c2)n1. The Morgan fingerprint density at radius 1 is 0.655 bits per heavy atom. The maximum Gasteiger partial charge on any atom is 0.295 e. The molecule has 0 amide bonds. The zero-order valence-corrected chi connectivity index (χ0v) is 34.1. The first-order valence-electron chi connectivity index (χ1n) is 18.0. The van der Waals surface area contributed by atoms with Gasteiger partial charge in [0.05, 0.1) is 25.3 Å². The van der Waals surface area contributed by atoms with Crippen LogP contribution in [0.3, 0.4) is 0 Å². The highest BCUT2D eigenvalue weighted by molar-refractivity contribution is 7.94. The summed E-state index contributed by atoms with van der Waals surface area (Å²) < 4.78 is 40.2. The number of nitrogens with zero attached hydrogens (tertiary/aromatic N) is 8. The van der Waals surface area contributed by atoms with Gasteiger partial charge in [0, 0.05) is 42.4 Å². The maximum absolute atomic E-state index is 12.6. The second-order valence-electron chi connectivity index (χ2n) is 12.9. The Hall–Kier alpha value is -5.02. The molecule has 0 aliphatic heterocycles. The van der Waals surface area contributed by atoms with Gasteiger partial charge in [0.1, 0.15) is 4.90 Å². The Bertz CT molecular complexity index is 2050. The number of aliphatic hydroxyl groups excluding tert-OH is 2. The Morgan fingerprint density at radius 2 is 1.09 bits per heavy atom. The van der Waals surface area contributed by atoms with Crippen LogP contribution < -0.4 is 31.9 Å². The van der Waals surface area contributed by atoms with Crippen LogP contribution in [0.4, 0.5) is 47.1 Å². The maximum atomic E-state index is 12.6. The highest BCUT2D eigenvalue weighted by Crippen LogP contribution is 2.31. The third-order valence-electron chi connectivity index (χ3n) is 7.61. The fourth-order valence-corrected chi connectivity index (χ4v) is 6.21. The standard InChI is InChI=1S/C34H50N14O8S2/c1-47(2)17-5-13-35-29-41-31(37-15-19-49)45-33(43-29)39-25-11-9-23(27(21-25)57-56-55-51)7-8-24-10-12-26(22-28(24)58(52,53)54)40-34-44-30(36-14-6-18-48(3)4)42-32(46-34)38-16-20-50/h7-12,21-22,49-51H,5-6,13-20H2,1-4H3,(H,52,53,54)(H3,35,37,39,41,43,45)(H3,36,38,40,42,44,46)/b8-7+. The smallest absolute Gasteiger partial charge is 0.295 e. The Balaban J connectivity index is 1.58. The van der Waals surface area contributed by atoms with Crippen LogP contribution in [0.5, 0.6) is 0 Å². The minimum Gasteiger partial charge on any atom is -0.395 e. The second kappa shape index (κ2) is 23.4. The third-order valence-corrected chi connectivity index (χ3v) is 9.18. The minimum atomic E-state index is -4.73. The van der Waals surface area contributed by atoms with E-state index in [-0.39, 0.29) is 67.3 Å². The number of aromatic nitrogens is 6. The Morgan fingerprint density at radius 3 is 1.53 bits per heavy atom. The molecule has 24 heteroatoms. The van der Waals surface area contributed by atoms with Crippen LogP contribution in [-0.2, 0) is 19.5 Å². The van der Waals surface area contributed by atoms with Crippen LogP contribution in [0.15, 0.2) is 46.2 Å². The van der Waals surface area contributed by atoms with E-state index in [9.17, 15) is 23.2 Å². The number of benzene rings is 2. The van der Waals surface area contributed by atoms with Crippen LogP contribution in [-0.4, -0.2) is 149 Å². The van der Waals surface area contributed by atoms with Crippen LogP contribution in [0.25, 0.3) is 12.2 Å². The van der Waals surface area contributed by atoms with Gasteiger partial charge in [0.15, 0.2) is 0 Å². The largest absolute Gasteiger partial charge is 0.395 e. The fraction of sp³-hybridized carbons (Fsp3) is 0.412. The molecular formula is C34H50N14O8S2. The molecule has 0 saturated carbocycles. The molecule has 58 heavy (non-hydrogen) atoms. The lowest BCUT2D eigenvalue weighted by Gasteiger charge is -2.13. The first kappa shape index (κ1) is 45.7. The van der Waals surface area contributed by atoms with Crippen molar-refractivity contribution in [2.75, 3.05) is 113 Å². The molecule has 0 bridgehead atoms. The number of hydrogen-bond donors (Lipinski definition) is 10. The lowest BCUT2D eigenvalue weighted by molar-refractivity contribution is -0.432. The van der Waals surface area contributed by atoms with E-state index in [4.69, 9.17) is 9.59 Å². The molecule has 0 fully saturated rings. The molecule has 0 spiro atoms. The molecule has 4 rings (SSSR count). The highest BCUT2D eigenvalue weighted by atomic mass is 32.2. The van der Waals surface area contributed by atoms with Crippen molar-refractivity contribution in [2.45, 2.75) is 22.6 Å². The molecule has 0 aliphatic rings. The van der Waals surface area contributed by atoms with E-state index >= 15 is 0 Å². The van der Waals surface area contributed by atoms with E-state index in [0.717, 1.165) is 25.9 Å². The van der Waals surface area contributed by atoms with Gasteiger partial charge in [-0.25, -0.2) is 5.26 Å². The molecule has 0 saturated heterocycles. The Kier molecular flexibility index (Phi) is 18.4. The van der Waals surface area contributed by atoms with E-state index in [1.54, 1.807) is 30.3 Å². The normalized spacial score (nSPS) is 11.7. The number of hydrogen-bond acceptors (Lipinski definition) is 22. The quantitative estimate of drug-likeness (QED) is 0.0109. The highest BCUT2D eigenvalue weighted by Gasteiger charge is 2.17. The molecule has 2 aromatic carbocycles. The van der Waals surface area contributed by atoms with Gasteiger partial charge < -0.3 is 51.9 Å². The summed E-state index contributed by atoms with van der Waals surface area (Å²) >= 11 is 0.672. The molecule has 4 aromatic rings. The van der Waals surface area contributed by atoms with Gasteiger partial charge in [-0.3, -0.25) is 4.55 Å². The summed E-state index contributed by atoms with van der Waals surface area (Å²) in [5.74, 6) is 1.28. The van der Waals surface area contributed by atoms with E-state index in [2.05, 4.69) is 71.7 Å². The molecule has 0 atom stereocenters. The first-order chi connectivity index (χ1) is 27.9.